The predicted octanol–water partition coefficient (Wildman–Crippen LogP) is 4.35. The fourth-order valence-electron chi connectivity index (χ4n) is 3.01. The number of ether oxygens (including phenoxy) is 2. The van der Waals surface area contributed by atoms with E-state index in [1.807, 2.05) is 38.4 Å². The highest BCUT2D eigenvalue weighted by molar-refractivity contribution is 7.98. The SMILES string of the molecule is CSc1ccc2nc(N(CCN(C)C)C(=O)C=Cc3ccc4c(c3)OCO4)sc2c1. The van der Waals surface area contributed by atoms with Crippen molar-refractivity contribution in [2.24, 2.45) is 0 Å². The van der Waals surface area contributed by atoms with Crippen molar-refractivity contribution in [3.63, 3.8) is 0 Å². The minimum Gasteiger partial charge on any atom is -0.454 e. The molecule has 0 saturated heterocycles. The van der Waals surface area contributed by atoms with Gasteiger partial charge in [0.2, 0.25) is 6.79 Å². The van der Waals surface area contributed by atoms with Crippen LogP contribution in [0.3, 0.4) is 0 Å². The molecule has 0 aliphatic carbocycles. The molecule has 0 radical (unpaired) electrons. The Morgan fingerprint density at radius 1 is 1.17 bits per heavy atom. The summed E-state index contributed by atoms with van der Waals surface area (Å²) in [6.45, 7) is 1.54. The number of aromatic nitrogens is 1. The highest BCUT2D eigenvalue weighted by Crippen LogP contribution is 2.33. The Kier molecular flexibility index (Phi) is 6.26. The average molecular weight is 442 g/mol. The monoisotopic (exact) mass is 441 g/mol. The predicted molar refractivity (Wildman–Crippen MR) is 124 cm³/mol. The number of carbonyl (C=O) groups is 1. The zero-order chi connectivity index (χ0) is 21.1. The van der Waals surface area contributed by atoms with Gasteiger partial charge in [-0.05, 0) is 62.3 Å². The van der Waals surface area contributed by atoms with Gasteiger partial charge in [0, 0.05) is 24.1 Å². The summed E-state index contributed by atoms with van der Waals surface area (Å²) in [6.07, 6.45) is 5.44. The Morgan fingerprint density at radius 2 is 2.00 bits per heavy atom. The molecule has 0 fully saturated rings. The number of nitrogens with zero attached hydrogens (tertiary/aromatic N) is 3. The van der Waals surface area contributed by atoms with Gasteiger partial charge in [-0.1, -0.05) is 17.4 Å². The molecular formula is C22H23N3O3S2. The zero-order valence-corrected chi connectivity index (χ0v) is 18.8. The summed E-state index contributed by atoms with van der Waals surface area (Å²) in [5, 5.41) is 0.713. The van der Waals surface area contributed by atoms with Gasteiger partial charge in [-0.3, -0.25) is 9.69 Å². The Morgan fingerprint density at radius 3 is 2.80 bits per heavy atom. The molecule has 1 aliphatic heterocycles. The van der Waals surface area contributed by atoms with Crippen LogP contribution >= 0.6 is 23.1 Å². The summed E-state index contributed by atoms with van der Waals surface area (Å²) in [7, 11) is 3.99. The van der Waals surface area contributed by atoms with Gasteiger partial charge in [0.05, 0.1) is 10.2 Å². The van der Waals surface area contributed by atoms with Gasteiger partial charge in [0.15, 0.2) is 16.6 Å². The molecule has 0 atom stereocenters. The van der Waals surface area contributed by atoms with Crippen LogP contribution in [0.5, 0.6) is 11.5 Å². The van der Waals surface area contributed by atoms with E-state index in [2.05, 4.69) is 23.3 Å². The molecular weight excluding hydrogens is 418 g/mol. The van der Waals surface area contributed by atoms with Gasteiger partial charge in [0.1, 0.15) is 0 Å². The van der Waals surface area contributed by atoms with E-state index in [9.17, 15) is 4.79 Å². The van der Waals surface area contributed by atoms with Crippen LogP contribution in [0.25, 0.3) is 16.3 Å². The molecule has 8 heteroatoms. The van der Waals surface area contributed by atoms with Crippen molar-refractivity contribution in [2.45, 2.75) is 4.90 Å². The van der Waals surface area contributed by atoms with Crippen molar-refractivity contribution >= 4 is 50.4 Å². The van der Waals surface area contributed by atoms with E-state index in [-0.39, 0.29) is 12.7 Å². The smallest absolute Gasteiger partial charge is 0.252 e. The van der Waals surface area contributed by atoms with Gasteiger partial charge >= 0.3 is 0 Å². The number of benzene rings is 2. The molecule has 6 nitrogen and oxygen atoms in total. The number of hydrogen-bond acceptors (Lipinski definition) is 7. The first-order chi connectivity index (χ1) is 14.5. The molecule has 156 valence electrons. The summed E-state index contributed by atoms with van der Waals surface area (Å²) in [4.78, 5) is 22.8. The van der Waals surface area contributed by atoms with Crippen molar-refractivity contribution in [1.82, 2.24) is 9.88 Å². The summed E-state index contributed by atoms with van der Waals surface area (Å²) in [5.74, 6) is 1.33. The standard InChI is InChI=1S/C22H23N3O3S2/c1-24(2)10-11-25(22-23-17-7-6-16(29-3)13-20(17)30-22)21(26)9-5-15-4-8-18-19(12-15)28-14-27-18/h4-9,12-13H,10-11,14H2,1-3H3. The number of thiazole rings is 1. The Hall–Kier alpha value is -2.55. The van der Waals surface area contributed by atoms with Crippen LogP contribution in [-0.2, 0) is 4.79 Å². The van der Waals surface area contributed by atoms with E-state index in [1.54, 1.807) is 40.2 Å². The van der Waals surface area contributed by atoms with Crippen molar-refractivity contribution in [3.05, 3.63) is 48.0 Å². The maximum Gasteiger partial charge on any atom is 0.252 e. The molecule has 0 saturated carbocycles. The number of likely N-dealkylation sites (N-methyl/N-ethyl adjacent to an activating group) is 1. The fraction of sp³-hybridized carbons (Fsp3) is 0.273. The Bertz CT molecular complexity index is 1090. The molecule has 0 spiro atoms. The van der Waals surface area contributed by atoms with Crippen LogP contribution in [0.15, 0.2) is 47.4 Å². The molecule has 2 heterocycles. The first-order valence-electron chi connectivity index (χ1n) is 9.52. The summed E-state index contributed by atoms with van der Waals surface area (Å²) < 4.78 is 11.8. The molecule has 4 rings (SSSR count). The van der Waals surface area contributed by atoms with Crippen LogP contribution < -0.4 is 14.4 Å². The molecule has 2 aromatic carbocycles. The van der Waals surface area contributed by atoms with E-state index in [0.29, 0.717) is 17.4 Å². The maximum absolute atomic E-state index is 13.1. The number of amides is 1. The summed E-state index contributed by atoms with van der Waals surface area (Å²) in [5.41, 5.74) is 1.80. The molecule has 1 aromatic heterocycles. The van der Waals surface area contributed by atoms with Gasteiger partial charge in [-0.25, -0.2) is 4.98 Å². The van der Waals surface area contributed by atoms with Gasteiger partial charge in [0.25, 0.3) is 5.91 Å². The topological polar surface area (TPSA) is 54.9 Å². The van der Waals surface area contributed by atoms with E-state index in [1.165, 1.54) is 4.90 Å². The Labute approximate surface area is 184 Å². The minimum absolute atomic E-state index is 0.0985. The minimum atomic E-state index is -0.0985. The summed E-state index contributed by atoms with van der Waals surface area (Å²) >= 11 is 3.24. The normalized spacial score (nSPS) is 12.9. The third kappa shape index (κ3) is 4.61. The first-order valence-corrected chi connectivity index (χ1v) is 11.6. The van der Waals surface area contributed by atoms with Crippen molar-refractivity contribution in [3.8, 4) is 11.5 Å². The number of fused-ring (bicyclic) bond motifs is 2. The third-order valence-electron chi connectivity index (χ3n) is 4.67. The highest BCUT2D eigenvalue weighted by Gasteiger charge is 2.18. The summed E-state index contributed by atoms with van der Waals surface area (Å²) in [6, 6.07) is 11.8. The zero-order valence-electron chi connectivity index (χ0n) is 17.1. The quantitative estimate of drug-likeness (QED) is 0.401. The van der Waals surface area contributed by atoms with E-state index < -0.39 is 0 Å². The molecule has 1 aliphatic rings. The van der Waals surface area contributed by atoms with E-state index >= 15 is 0 Å². The highest BCUT2D eigenvalue weighted by atomic mass is 32.2. The average Bonchev–Trinajstić information content (AvgIpc) is 3.37. The van der Waals surface area contributed by atoms with Crippen molar-refractivity contribution < 1.29 is 14.3 Å². The van der Waals surface area contributed by atoms with Crippen molar-refractivity contribution in [1.29, 1.82) is 0 Å². The maximum atomic E-state index is 13.1. The van der Waals surface area contributed by atoms with Gasteiger partial charge < -0.3 is 14.4 Å². The number of carbonyl (C=O) groups excluding carboxylic acids is 1. The third-order valence-corrected chi connectivity index (χ3v) is 6.43. The van der Waals surface area contributed by atoms with Crippen molar-refractivity contribution in [2.75, 3.05) is 45.1 Å². The lowest BCUT2D eigenvalue weighted by Gasteiger charge is -2.20. The second-order valence-electron chi connectivity index (χ2n) is 7.07. The molecule has 0 unspecified atom stereocenters. The van der Waals surface area contributed by atoms with Crippen LogP contribution in [0, 0.1) is 0 Å². The van der Waals surface area contributed by atoms with E-state index in [4.69, 9.17) is 14.5 Å². The molecule has 1 amide bonds. The van der Waals surface area contributed by atoms with Crippen LogP contribution in [-0.4, -0.2) is 56.0 Å². The largest absolute Gasteiger partial charge is 0.454 e. The molecule has 30 heavy (non-hydrogen) atoms. The number of thioether (sulfide) groups is 1. The second kappa shape index (κ2) is 9.07. The molecule has 3 aromatic rings. The second-order valence-corrected chi connectivity index (χ2v) is 8.96. The lowest BCUT2D eigenvalue weighted by Crippen LogP contribution is -2.35. The Balaban J connectivity index is 1.58. The van der Waals surface area contributed by atoms with Gasteiger partial charge in [-0.2, -0.15) is 0 Å². The van der Waals surface area contributed by atoms with Crippen LogP contribution in [0.1, 0.15) is 5.56 Å². The van der Waals surface area contributed by atoms with Crippen LogP contribution in [0.4, 0.5) is 5.13 Å². The number of rotatable bonds is 7. The fourth-order valence-corrected chi connectivity index (χ4v) is 4.56. The lowest BCUT2D eigenvalue weighted by molar-refractivity contribution is -0.114. The number of hydrogen-bond donors (Lipinski definition) is 0. The van der Waals surface area contributed by atoms with Gasteiger partial charge in [-0.15, -0.1) is 11.8 Å². The van der Waals surface area contributed by atoms with E-state index in [0.717, 1.165) is 28.1 Å². The van der Waals surface area contributed by atoms with Crippen LogP contribution in [0.2, 0.25) is 0 Å². The number of anilines is 1. The molecule has 0 N–H and O–H groups in total. The lowest BCUT2D eigenvalue weighted by atomic mass is 10.2. The molecule has 0 bridgehead atoms. The first kappa shape index (κ1) is 20.7.